The van der Waals surface area contributed by atoms with Gasteiger partial charge in [-0.05, 0) is 43.9 Å². The molecule has 0 amide bonds. The standard InChI is InChI=1S/C16H27N3O/c1-2-20-16(9-5-3-4-6-10-16)15(19-17)13-14-7-11-18-12-8-14/h7-8,11-12,15,19H,2-6,9-10,13,17H2,1H3. The average molecular weight is 277 g/mol. The SMILES string of the molecule is CCOC1(C(Cc2ccncc2)NN)CCCCCC1. The van der Waals surface area contributed by atoms with Crippen molar-refractivity contribution >= 4 is 0 Å². The van der Waals surface area contributed by atoms with E-state index < -0.39 is 0 Å². The van der Waals surface area contributed by atoms with Gasteiger partial charge in [-0.3, -0.25) is 16.3 Å². The summed E-state index contributed by atoms with van der Waals surface area (Å²) in [4.78, 5) is 4.08. The van der Waals surface area contributed by atoms with Gasteiger partial charge in [0.05, 0.1) is 11.6 Å². The first-order chi connectivity index (χ1) is 9.80. The zero-order valence-electron chi connectivity index (χ0n) is 12.5. The van der Waals surface area contributed by atoms with Gasteiger partial charge in [0, 0.05) is 19.0 Å². The lowest BCUT2D eigenvalue weighted by atomic mass is 9.83. The second kappa shape index (κ2) is 7.72. The topological polar surface area (TPSA) is 60.2 Å². The van der Waals surface area contributed by atoms with Crippen molar-refractivity contribution in [1.29, 1.82) is 0 Å². The number of pyridine rings is 1. The van der Waals surface area contributed by atoms with Crippen molar-refractivity contribution in [3.8, 4) is 0 Å². The number of hydrogen-bond donors (Lipinski definition) is 2. The smallest absolute Gasteiger partial charge is 0.0851 e. The van der Waals surface area contributed by atoms with Crippen molar-refractivity contribution < 1.29 is 4.74 Å². The maximum absolute atomic E-state index is 6.22. The quantitative estimate of drug-likeness (QED) is 0.477. The van der Waals surface area contributed by atoms with Crippen LogP contribution in [-0.2, 0) is 11.2 Å². The van der Waals surface area contributed by atoms with E-state index in [9.17, 15) is 0 Å². The summed E-state index contributed by atoms with van der Waals surface area (Å²) in [6.45, 7) is 2.82. The van der Waals surface area contributed by atoms with Crippen molar-refractivity contribution in [1.82, 2.24) is 10.4 Å². The number of hydrogen-bond acceptors (Lipinski definition) is 4. The lowest BCUT2D eigenvalue weighted by Gasteiger charge is -2.40. The highest BCUT2D eigenvalue weighted by Crippen LogP contribution is 2.34. The van der Waals surface area contributed by atoms with Crippen LogP contribution in [0.5, 0.6) is 0 Å². The molecule has 2 rings (SSSR count). The molecule has 4 nitrogen and oxygen atoms in total. The number of hydrazine groups is 1. The normalized spacial score (nSPS) is 20.3. The minimum Gasteiger partial charge on any atom is -0.374 e. The van der Waals surface area contributed by atoms with Crippen molar-refractivity contribution in [2.24, 2.45) is 5.84 Å². The first-order valence-corrected chi connectivity index (χ1v) is 7.80. The molecule has 1 fully saturated rings. The molecule has 1 heterocycles. The predicted octanol–water partition coefficient (Wildman–Crippen LogP) is 2.59. The highest BCUT2D eigenvalue weighted by atomic mass is 16.5. The van der Waals surface area contributed by atoms with Gasteiger partial charge in [0.1, 0.15) is 0 Å². The maximum atomic E-state index is 6.22. The molecule has 1 aliphatic rings. The van der Waals surface area contributed by atoms with Crippen LogP contribution in [0.25, 0.3) is 0 Å². The van der Waals surface area contributed by atoms with E-state index in [1.165, 1.54) is 31.2 Å². The summed E-state index contributed by atoms with van der Waals surface area (Å²) in [5.41, 5.74) is 4.16. The van der Waals surface area contributed by atoms with E-state index in [-0.39, 0.29) is 11.6 Å². The molecule has 1 atom stereocenters. The number of aromatic nitrogens is 1. The molecule has 0 saturated heterocycles. The highest BCUT2D eigenvalue weighted by Gasteiger charge is 2.39. The molecule has 0 radical (unpaired) electrons. The van der Waals surface area contributed by atoms with Gasteiger partial charge in [-0.25, -0.2) is 0 Å². The maximum Gasteiger partial charge on any atom is 0.0851 e. The molecule has 0 aromatic carbocycles. The van der Waals surface area contributed by atoms with Crippen molar-refractivity contribution in [2.75, 3.05) is 6.61 Å². The van der Waals surface area contributed by atoms with Crippen LogP contribution in [0.1, 0.15) is 51.0 Å². The summed E-state index contributed by atoms with van der Waals surface area (Å²) < 4.78 is 6.22. The van der Waals surface area contributed by atoms with Gasteiger partial charge in [-0.2, -0.15) is 0 Å². The van der Waals surface area contributed by atoms with Crippen molar-refractivity contribution in [3.05, 3.63) is 30.1 Å². The van der Waals surface area contributed by atoms with Crippen LogP contribution in [0.3, 0.4) is 0 Å². The van der Waals surface area contributed by atoms with Crippen LogP contribution in [-0.4, -0.2) is 23.2 Å². The Morgan fingerprint density at radius 1 is 1.25 bits per heavy atom. The zero-order chi connectivity index (χ0) is 14.3. The minimum atomic E-state index is -0.122. The third-order valence-corrected chi connectivity index (χ3v) is 4.41. The summed E-state index contributed by atoms with van der Waals surface area (Å²) in [5, 5.41) is 0. The lowest BCUT2D eigenvalue weighted by Crippen LogP contribution is -2.56. The van der Waals surface area contributed by atoms with E-state index in [1.807, 2.05) is 12.4 Å². The highest BCUT2D eigenvalue weighted by molar-refractivity contribution is 5.13. The summed E-state index contributed by atoms with van der Waals surface area (Å²) in [7, 11) is 0. The van der Waals surface area contributed by atoms with E-state index in [2.05, 4.69) is 29.5 Å². The summed E-state index contributed by atoms with van der Waals surface area (Å²) >= 11 is 0. The van der Waals surface area contributed by atoms with Crippen LogP contribution < -0.4 is 11.3 Å². The monoisotopic (exact) mass is 277 g/mol. The molecule has 0 aliphatic heterocycles. The van der Waals surface area contributed by atoms with E-state index in [0.29, 0.717) is 0 Å². The van der Waals surface area contributed by atoms with Crippen molar-refractivity contribution in [3.63, 3.8) is 0 Å². The fraction of sp³-hybridized carbons (Fsp3) is 0.688. The third-order valence-electron chi connectivity index (χ3n) is 4.41. The van der Waals surface area contributed by atoms with Gasteiger partial charge in [-0.1, -0.05) is 25.7 Å². The largest absolute Gasteiger partial charge is 0.374 e. The summed E-state index contributed by atoms with van der Waals surface area (Å²) in [6, 6.07) is 4.27. The molecular formula is C16H27N3O. The Labute approximate surface area is 122 Å². The van der Waals surface area contributed by atoms with Gasteiger partial charge < -0.3 is 4.74 Å². The molecule has 1 unspecified atom stereocenters. The fourth-order valence-corrected chi connectivity index (χ4v) is 3.36. The van der Waals surface area contributed by atoms with Gasteiger partial charge in [0.25, 0.3) is 0 Å². The second-order valence-electron chi connectivity index (χ2n) is 5.69. The van der Waals surface area contributed by atoms with Crippen LogP contribution >= 0.6 is 0 Å². The first kappa shape index (κ1) is 15.4. The van der Waals surface area contributed by atoms with Gasteiger partial charge in [0.15, 0.2) is 0 Å². The van der Waals surface area contributed by atoms with Crippen LogP contribution in [0.2, 0.25) is 0 Å². The van der Waals surface area contributed by atoms with Crippen LogP contribution in [0.4, 0.5) is 0 Å². The van der Waals surface area contributed by atoms with Crippen LogP contribution in [0.15, 0.2) is 24.5 Å². The minimum absolute atomic E-state index is 0.122. The second-order valence-corrected chi connectivity index (χ2v) is 5.69. The molecule has 4 heteroatoms. The Kier molecular flexibility index (Phi) is 5.95. The Morgan fingerprint density at radius 2 is 1.90 bits per heavy atom. The van der Waals surface area contributed by atoms with Crippen LogP contribution in [0, 0.1) is 0 Å². The fourth-order valence-electron chi connectivity index (χ4n) is 3.36. The molecule has 1 aliphatic carbocycles. The number of ether oxygens (including phenoxy) is 1. The molecule has 0 bridgehead atoms. The number of rotatable bonds is 6. The molecule has 1 aromatic rings. The Hall–Kier alpha value is -0.970. The average Bonchev–Trinajstić information content (AvgIpc) is 2.73. The molecule has 112 valence electrons. The summed E-state index contributed by atoms with van der Waals surface area (Å²) in [5.74, 6) is 5.87. The molecule has 0 spiro atoms. The van der Waals surface area contributed by atoms with E-state index in [4.69, 9.17) is 10.6 Å². The summed E-state index contributed by atoms with van der Waals surface area (Å²) in [6.07, 6.45) is 11.8. The molecule has 1 aromatic heterocycles. The predicted molar refractivity (Wildman–Crippen MR) is 81.1 cm³/mol. The molecular weight excluding hydrogens is 250 g/mol. The van der Waals surface area contributed by atoms with Crippen molar-refractivity contribution in [2.45, 2.75) is 63.5 Å². The van der Waals surface area contributed by atoms with Gasteiger partial charge in [0.2, 0.25) is 0 Å². The molecule has 20 heavy (non-hydrogen) atoms. The van der Waals surface area contributed by atoms with E-state index in [1.54, 1.807) is 0 Å². The Morgan fingerprint density at radius 3 is 2.45 bits per heavy atom. The Balaban J connectivity index is 2.15. The van der Waals surface area contributed by atoms with E-state index >= 15 is 0 Å². The third kappa shape index (κ3) is 3.78. The Bertz CT molecular complexity index is 375. The zero-order valence-corrected chi connectivity index (χ0v) is 12.5. The number of nitrogens with one attached hydrogen (secondary N) is 1. The molecule has 3 N–H and O–H groups in total. The van der Waals surface area contributed by atoms with Gasteiger partial charge in [-0.15, -0.1) is 0 Å². The first-order valence-electron chi connectivity index (χ1n) is 7.80. The van der Waals surface area contributed by atoms with E-state index in [0.717, 1.165) is 25.9 Å². The molecule has 1 saturated carbocycles. The number of nitrogens with two attached hydrogens (primary N) is 1. The number of nitrogens with zero attached hydrogens (tertiary/aromatic N) is 1. The lowest BCUT2D eigenvalue weighted by molar-refractivity contribution is -0.0768. The van der Waals surface area contributed by atoms with Gasteiger partial charge >= 0.3 is 0 Å².